The number of nitrogens with one attached hydrogen (secondary N) is 1. The second kappa shape index (κ2) is 9.62. The van der Waals surface area contributed by atoms with Crippen LogP contribution in [0, 0.1) is 5.82 Å². The molecule has 0 aliphatic rings. The number of pyridine rings is 1. The van der Waals surface area contributed by atoms with Gasteiger partial charge in [-0.1, -0.05) is 36.4 Å². The number of fused-ring (bicyclic) bond motifs is 2. The molecule has 0 bridgehead atoms. The summed E-state index contributed by atoms with van der Waals surface area (Å²) in [5, 5.41) is 4.63. The van der Waals surface area contributed by atoms with E-state index in [1.54, 1.807) is 30.3 Å². The van der Waals surface area contributed by atoms with Gasteiger partial charge in [0, 0.05) is 17.0 Å². The van der Waals surface area contributed by atoms with Gasteiger partial charge in [-0.15, -0.1) is 0 Å². The zero-order chi connectivity index (χ0) is 25.2. The second-order valence-electron chi connectivity index (χ2n) is 8.64. The van der Waals surface area contributed by atoms with Crippen molar-refractivity contribution >= 4 is 33.7 Å². The molecule has 5 aromatic rings. The van der Waals surface area contributed by atoms with Gasteiger partial charge >= 0.3 is 5.97 Å². The van der Waals surface area contributed by atoms with E-state index in [2.05, 4.69) is 5.32 Å². The van der Waals surface area contributed by atoms with Gasteiger partial charge in [-0.25, -0.2) is 9.18 Å². The van der Waals surface area contributed by atoms with Crippen LogP contribution in [0.3, 0.4) is 0 Å². The molecular weight excluding hydrogens is 457 g/mol. The van der Waals surface area contributed by atoms with Gasteiger partial charge in [-0.05, 0) is 55.0 Å². The average Bonchev–Trinajstić information content (AvgIpc) is 3.29. The smallest absolute Gasteiger partial charge is 0.337 e. The molecule has 180 valence electrons. The maximum absolute atomic E-state index is 14.4. The number of amides is 1. The summed E-state index contributed by atoms with van der Waals surface area (Å²) in [5.74, 6) is -1.30. The van der Waals surface area contributed by atoms with Crippen LogP contribution in [0.4, 0.5) is 4.39 Å². The van der Waals surface area contributed by atoms with Crippen molar-refractivity contribution in [2.45, 2.75) is 19.5 Å². The van der Waals surface area contributed by atoms with Crippen LogP contribution in [-0.2, 0) is 11.3 Å². The number of aromatic nitrogens is 2. The third-order valence-electron chi connectivity index (χ3n) is 6.24. The van der Waals surface area contributed by atoms with Crippen LogP contribution >= 0.6 is 0 Å². The SMILES string of the molecule is COC(=O)c1ccc([C@H](C)NC(=O)c2cc(F)cc3ccn(Cc4ccc5ccccc5n4)c23)cc1. The number of rotatable bonds is 6. The fourth-order valence-corrected chi connectivity index (χ4v) is 4.37. The Hall–Kier alpha value is -4.52. The number of para-hydroxylation sites is 1. The molecule has 1 amide bonds. The molecule has 0 unspecified atom stereocenters. The molecule has 0 saturated heterocycles. The van der Waals surface area contributed by atoms with E-state index in [-0.39, 0.29) is 11.6 Å². The fourth-order valence-electron chi connectivity index (χ4n) is 4.37. The molecule has 0 spiro atoms. The summed E-state index contributed by atoms with van der Waals surface area (Å²) in [6, 6.07) is 22.8. The summed E-state index contributed by atoms with van der Waals surface area (Å²) in [6.45, 7) is 2.27. The van der Waals surface area contributed by atoms with Crippen LogP contribution in [-0.4, -0.2) is 28.5 Å². The number of benzene rings is 3. The molecule has 0 aliphatic carbocycles. The van der Waals surface area contributed by atoms with Crippen molar-refractivity contribution < 1.29 is 18.7 Å². The highest BCUT2D eigenvalue weighted by Crippen LogP contribution is 2.25. The molecule has 0 aliphatic heterocycles. The molecule has 2 aromatic heterocycles. The maximum Gasteiger partial charge on any atom is 0.337 e. The molecule has 5 rings (SSSR count). The Kier molecular flexibility index (Phi) is 6.21. The van der Waals surface area contributed by atoms with Crippen LogP contribution in [0.5, 0.6) is 0 Å². The van der Waals surface area contributed by atoms with E-state index in [0.717, 1.165) is 22.2 Å². The molecule has 0 radical (unpaired) electrons. The first-order chi connectivity index (χ1) is 17.4. The zero-order valence-electron chi connectivity index (χ0n) is 19.9. The molecule has 0 saturated carbocycles. The van der Waals surface area contributed by atoms with Crippen molar-refractivity contribution in [2.24, 2.45) is 0 Å². The summed E-state index contributed by atoms with van der Waals surface area (Å²) < 4.78 is 21.1. The highest BCUT2D eigenvalue weighted by atomic mass is 19.1. The number of carbonyl (C=O) groups is 2. The van der Waals surface area contributed by atoms with Gasteiger partial charge in [-0.3, -0.25) is 9.78 Å². The minimum atomic E-state index is -0.482. The minimum Gasteiger partial charge on any atom is -0.465 e. The van der Waals surface area contributed by atoms with Gasteiger partial charge in [0.15, 0.2) is 0 Å². The first-order valence-electron chi connectivity index (χ1n) is 11.5. The standard InChI is InChI=1S/C29H24FN3O3/c1-18(19-7-9-21(10-8-19)29(35)36-2)31-28(34)25-16-23(30)15-22-13-14-33(27(22)25)17-24-12-11-20-5-3-4-6-26(20)32-24/h3-16,18H,17H2,1-2H3,(H,31,34)/t18-/m0/s1. The van der Waals surface area contributed by atoms with Gasteiger partial charge in [0.25, 0.3) is 5.91 Å². The molecule has 2 heterocycles. The molecule has 1 atom stereocenters. The van der Waals surface area contributed by atoms with Gasteiger partial charge in [0.05, 0.1) is 47.6 Å². The van der Waals surface area contributed by atoms with Gasteiger partial charge in [0.2, 0.25) is 0 Å². The molecule has 3 aromatic carbocycles. The second-order valence-corrected chi connectivity index (χ2v) is 8.64. The third-order valence-corrected chi connectivity index (χ3v) is 6.24. The Morgan fingerprint density at radius 1 is 1.00 bits per heavy atom. The summed E-state index contributed by atoms with van der Waals surface area (Å²) in [6.07, 6.45) is 1.84. The van der Waals surface area contributed by atoms with Crippen molar-refractivity contribution in [1.82, 2.24) is 14.9 Å². The van der Waals surface area contributed by atoms with Crippen LogP contribution < -0.4 is 5.32 Å². The van der Waals surface area contributed by atoms with Crippen molar-refractivity contribution in [3.8, 4) is 0 Å². The van der Waals surface area contributed by atoms with Gasteiger partial charge < -0.3 is 14.6 Å². The predicted molar refractivity (Wildman–Crippen MR) is 136 cm³/mol. The fraction of sp³-hybridized carbons (Fsp3) is 0.138. The lowest BCUT2D eigenvalue weighted by Crippen LogP contribution is -2.27. The number of hydrogen-bond donors (Lipinski definition) is 1. The largest absolute Gasteiger partial charge is 0.465 e. The lowest BCUT2D eigenvalue weighted by molar-refractivity contribution is 0.0600. The summed E-state index contributed by atoms with van der Waals surface area (Å²) in [5.41, 5.74) is 3.83. The van der Waals surface area contributed by atoms with Gasteiger partial charge in [-0.2, -0.15) is 0 Å². The van der Waals surface area contributed by atoms with Crippen molar-refractivity contribution in [3.05, 3.63) is 113 Å². The maximum atomic E-state index is 14.4. The highest BCUT2D eigenvalue weighted by Gasteiger charge is 2.19. The molecule has 6 nitrogen and oxygen atoms in total. The summed E-state index contributed by atoms with van der Waals surface area (Å²) in [4.78, 5) is 29.7. The topological polar surface area (TPSA) is 73.2 Å². The van der Waals surface area contributed by atoms with Crippen LogP contribution in [0.15, 0.2) is 85.1 Å². The molecular formula is C29H24FN3O3. The van der Waals surface area contributed by atoms with E-state index < -0.39 is 17.7 Å². The Morgan fingerprint density at radius 2 is 1.78 bits per heavy atom. The molecule has 7 heteroatoms. The Balaban J connectivity index is 1.43. The zero-order valence-corrected chi connectivity index (χ0v) is 19.9. The normalized spacial score (nSPS) is 12.0. The van der Waals surface area contributed by atoms with Crippen molar-refractivity contribution in [3.63, 3.8) is 0 Å². The van der Waals surface area contributed by atoms with Crippen molar-refractivity contribution in [2.75, 3.05) is 7.11 Å². The highest BCUT2D eigenvalue weighted by molar-refractivity contribution is 6.06. The third kappa shape index (κ3) is 4.55. The Bertz CT molecular complexity index is 1590. The number of halogens is 1. The quantitative estimate of drug-likeness (QED) is 0.318. The van der Waals surface area contributed by atoms with Crippen LogP contribution in [0.25, 0.3) is 21.8 Å². The van der Waals surface area contributed by atoms with E-state index in [9.17, 15) is 14.0 Å². The van der Waals surface area contributed by atoms with Crippen LogP contribution in [0.2, 0.25) is 0 Å². The van der Waals surface area contributed by atoms with E-state index in [1.807, 2.05) is 54.1 Å². The summed E-state index contributed by atoms with van der Waals surface area (Å²) >= 11 is 0. The van der Waals surface area contributed by atoms with Gasteiger partial charge in [0.1, 0.15) is 5.82 Å². The minimum absolute atomic E-state index is 0.244. The number of methoxy groups -OCH3 is 1. The molecule has 1 N–H and O–H groups in total. The summed E-state index contributed by atoms with van der Waals surface area (Å²) in [7, 11) is 1.32. The van der Waals surface area contributed by atoms with E-state index in [1.165, 1.54) is 19.2 Å². The average molecular weight is 482 g/mol. The predicted octanol–water partition coefficient (Wildman–Crippen LogP) is 5.65. The van der Waals surface area contributed by atoms with E-state index in [0.29, 0.717) is 23.0 Å². The van der Waals surface area contributed by atoms with Crippen molar-refractivity contribution in [1.29, 1.82) is 0 Å². The monoisotopic (exact) mass is 481 g/mol. The first kappa shape index (κ1) is 23.2. The Morgan fingerprint density at radius 3 is 2.56 bits per heavy atom. The number of hydrogen-bond acceptors (Lipinski definition) is 4. The molecule has 0 fully saturated rings. The lowest BCUT2D eigenvalue weighted by atomic mass is 10.0. The number of nitrogens with zero attached hydrogens (tertiary/aromatic N) is 2. The first-order valence-corrected chi connectivity index (χ1v) is 11.5. The Labute approximate surface area is 207 Å². The van der Waals surface area contributed by atoms with Crippen LogP contribution in [0.1, 0.15) is 44.9 Å². The van der Waals surface area contributed by atoms with E-state index >= 15 is 0 Å². The lowest BCUT2D eigenvalue weighted by Gasteiger charge is -2.16. The number of carbonyl (C=O) groups excluding carboxylic acids is 2. The van der Waals surface area contributed by atoms with E-state index in [4.69, 9.17) is 9.72 Å². The number of ether oxygens (including phenoxy) is 1. The molecule has 36 heavy (non-hydrogen) atoms. The number of esters is 1.